The number of alkyl halides is 1. The number of halogens is 1. The second-order valence-corrected chi connectivity index (χ2v) is 5.14. The molecule has 15 heavy (non-hydrogen) atoms. The smallest absolute Gasteiger partial charge is 0.240 e. The van der Waals surface area contributed by atoms with Gasteiger partial charge in [-0.1, -0.05) is 6.42 Å². The molecule has 2 fully saturated rings. The van der Waals surface area contributed by atoms with Crippen molar-refractivity contribution < 1.29 is 9.53 Å². The number of rotatable bonds is 1. The second kappa shape index (κ2) is 4.71. The van der Waals surface area contributed by atoms with E-state index in [0.717, 1.165) is 13.0 Å². The van der Waals surface area contributed by atoms with Crippen LogP contribution < -0.4 is 0 Å². The quantitative estimate of drug-likeness (QED) is 0.643. The minimum absolute atomic E-state index is 0.0686. The fraction of sp³-hybridized carbons (Fsp3) is 0.909. The second-order valence-electron chi connectivity index (χ2n) is 4.48. The van der Waals surface area contributed by atoms with E-state index in [2.05, 4.69) is 0 Å². The molecule has 1 saturated heterocycles. The first kappa shape index (κ1) is 11.2. The van der Waals surface area contributed by atoms with Crippen molar-refractivity contribution in [3.8, 4) is 0 Å². The Morgan fingerprint density at radius 3 is 3.07 bits per heavy atom. The van der Waals surface area contributed by atoms with Gasteiger partial charge in [0.15, 0.2) is 0 Å². The fourth-order valence-corrected chi connectivity index (χ4v) is 2.81. The molecule has 4 heteroatoms. The van der Waals surface area contributed by atoms with Crippen molar-refractivity contribution in [2.45, 2.75) is 37.6 Å². The van der Waals surface area contributed by atoms with Gasteiger partial charge in [0, 0.05) is 18.5 Å². The van der Waals surface area contributed by atoms with Crippen molar-refractivity contribution in [2.24, 2.45) is 5.92 Å². The van der Waals surface area contributed by atoms with Gasteiger partial charge < -0.3 is 9.64 Å². The largest absolute Gasteiger partial charge is 0.379 e. The molecule has 86 valence electrons. The molecule has 0 spiro atoms. The Bertz CT molecular complexity index is 245. The lowest BCUT2D eigenvalue weighted by Crippen LogP contribution is -2.45. The first-order valence-corrected chi connectivity index (χ1v) is 6.16. The minimum atomic E-state index is -0.413. The topological polar surface area (TPSA) is 29.5 Å². The summed E-state index contributed by atoms with van der Waals surface area (Å²) in [6.45, 7) is 3.92. The monoisotopic (exact) mass is 231 g/mol. The number of hydrogen-bond acceptors (Lipinski definition) is 2. The standard InChI is InChI=1S/C11H18ClNO2/c1-8(12)11(14)13-5-6-15-7-9-3-2-4-10(9)13/h8-10H,2-7H2,1H3. The van der Waals surface area contributed by atoms with Crippen LogP contribution in [-0.4, -0.2) is 42.0 Å². The average molecular weight is 232 g/mol. The first-order chi connectivity index (χ1) is 7.20. The van der Waals surface area contributed by atoms with Crippen LogP contribution in [0.1, 0.15) is 26.2 Å². The number of ether oxygens (including phenoxy) is 1. The van der Waals surface area contributed by atoms with Crippen LogP contribution in [0.2, 0.25) is 0 Å². The highest BCUT2D eigenvalue weighted by Crippen LogP contribution is 2.32. The molecule has 3 atom stereocenters. The number of amides is 1. The molecular formula is C11H18ClNO2. The minimum Gasteiger partial charge on any atom is -0.379 e. The third-order valence-corrected chi connectivity index (χ3v) is 3.64. The molecule has 1 amide bonds. The van der Waals surface area contributed by atoms with Gasteiger partial charge >= 0.3 is 0 Å². The normalized spacial score (nSPS) is 33.3. The maximum atomic E-state index is 11.9. The summed E-state index contributed by atoms with van der Waals surface area (Å²) in [7, 11) is 0. The van der Waals surface area contributed by atoms with E-state index < -0.39 is 5.38 Å². The van der Waals surface area contributed by atoms with Gasteiger partial charge in [-0.15, -0.1) is 11.6 Å². The molecule has 3 unspecified atom stereocenters. The summed E-state index contributed by atoms with van der Waals surface area (Å²) in [6, 6.07) is 0.376. The Hall–Kier alpha value is -0.280. The average Bonchev–Trinajstić information content (AvgIpc) is 2.57. The molecule has 1 heterocycles. The van der Waals surface area contributed by atoms with Gasteiger partial charge in [0.2, 0.25) is 5.91 Å². The van der Waals surface area contributed by atoms with E-state index in [-0.39, 0.29) is 5.91 Å². The molecule has 0 aromatic heterocycles. The van der Waals surface area contributed by atoms with Crippen LogP contribution >= 0.6 is 11.6 Å². The van der Waals surface area contributed by atoms with Crippen LogP contribution in [-0.2, 0) is 9.53 Å². The van der Waals surface area contributed by atoms with Crippen molar-refractivity contribution >= 4 is 17.5 Å². The summed E-state index contributed by atoms with van der Waals surface area (Å²) in [5.74, 6) is 0.603. The first-order valence-electron chi connectivity index (χ1n) is 5.72. The molecule has 3 nitrogen and oxygen atoms in total. The van der Waals surface area contributed by atoms with Crippen molar-refractivity contribution in [2.75, 3.05) is 19.8 Å². The SMILES string of the molecule is CC(Cl)C(=O)N1CCOCC2CCCC21. The molecular weight excluding hydrogens is 214 g/mol. The summed E-state index contributed by atoms with van der Waals surface area (Å²) < 4.78 is 5.53. The van der Waals surface area contributed by atoms with Gasteiger partial charge in [-0.3, -0.25) is 4.79 Å². The molecule has 1 aliphatic heterocycles. The summed E-state index contributed by atoms with van der Waals surface area (Å²) in [6.07, 6.45) is 3.51. The highest BCUT2D eigenvalue weighted by atomic mass is 35.5. The van der Waals surface area contributed by atoms with Gasteiger partial charge in [0.25, 0.3) is 0 Å². The summed E-state index contributed by atoms with van der Waals surface area (Å²) >= 11 is 5.87. The lowest BCUT2D eigenvalue weighted by Gasteiger charge is -2.30. The Labute approximate surface area is 95.7 Å². The Morgan fingerprint density at radius 2 is 2.33 bits per heavy atom. The van der Waals surface area contributed by atoms with Crippen LogP contribution in [0.15, 0.2) is 0 Å². The van der Waals surface area contributed by atoms with Crippen molar-refractivity contribution in [3.63, 3.8) is 0 Å². The zero-order chi connectivity index (χ0) is 10.8. The van der Waals surface area contributed by atoms with Gasteiger partial charge in [-0.25, -0.2) is 0 Å². The van der Waals surface area contributed by atoms with E-state index in [9.17, 15) is 4.79 Å². The summed E-state index contributed by atoms with van der Waals surface area (Å²) in [5.41, 5.74) is 0. The third kappa shape index (κ3) is 2.28. The molecule has 0 radical (unpaired) electrons. The number of carbonyl (C=O) groups is 1. The predicted octanol–water partition coefficient (Wildman–Crippen LogP) is 1.64. The van der Waals surface area contributed by atoms with Crippen LogP contribution in [0.25, 0.3) is 0 Å². The lowest BCUT2D eigenvalue weighted by atomic mass is 10.0. The zero-order valence-corrected chi connectivity index (χ0v) is 9.87. The molecule has 0 N–H and O–H groups in total. The molecule has 1 aliphatic carbocycles. The van der Waals surface area contributed by atoms with Crippen LogP contribution in [0.3, 0.4) is 0 Å². The maximum absolute atomic E-state index is 11.9. The number of carbonyl (C=O) groups excluding carboxylic acids is 1. The Kier molecular flexibility index (Phi) is 3.52. The molecule has 2 aliphatic rings. The van der Waals surface area contributed by atoms with E-state index in [1.54, 1.807) is 6.92 Å². The highest BCUT2D eigenvalue weighted by Gasteiger charge is 2.37. The van der Waals surface area contributed by atoms with E-state index in [1.807, 2.05) is 4.90 Å². The van der Waals surface area contributed by atoms with Gasteiger partial charge in [0.05, 0.1) is 13.2 Å². The van der Waals surface area contributed by atoms with Crippen LogP contribution in [0.5, 0.6) is 0 Å². The van der Waals surface area contributed by atoms with Gasteiger partial charge in [0.1, 0.15) is 5.38 Å². The number of fused-ring (bicyclic) bond motifs is 1. The maximum Gasteiger partial charge on any atom is 0.240 e. The molecule has 2 rings (SSSR count). The van der Waals surface area contributed by atoms with E-state index in [4.69, 9.17) is 16.3 Å². The Balaban J connectivity index is 2.10. The van der Waals surface area contributed by atoms with Crippen molar-refractivity contribution in [1.29, 1.82) is 0 Å². The van der Waals surface area contributed by atoms with E-state index in [1.165, 1.54) is 12.8 Å². The predicted molar refractivity (Wildman–Crippen MR) is 59.0 cm³/mol. The third-order valence-electron chi connectivity index (χ3n) is 3.45. The number of nitrogens with zero attached hydrogens (tertiary/aromatic N) is 1. The summed E-state index contributed by atoms with van der Waals surface area (Å²) in [4.78, 5) is 13.9. The lowest BCUT2D eigenvalue weighted by molar-refractivity contribution is -0.133. The zero-order valence-electron chi connectivity index (χ0n) is 9.12. The molecule has 1 saturated carbocycles. The van der Waals surface area contributed by atoms with Crippen LogP contribution in [0, 0.1) is 5.92 Å². The van der Waals surface area contributed by atoms with Crippen LogP contribution in [0.4, 0.5) is 0 Å². The summed E-state index contributed by atoms with van der Waals surface area (Å²) in [5, 5.41) is -0.413. The Morgan fingerprint density at radius 1 is 1.53 bits per heavy atom. The fourth-order valence-electron chi connectivity index (χ4n) is 2.69. The van der Waals surface area contributed by atoms with Gasteiger partial charge in [-0.05, 0) is 19.8 Å². The van der Waals surface area contributed by atoms with Crippen molar-refractivity contribution in [3.05, 3.63) is 0 Å². The van der Waals surface area contributed by atoms with Crippen molar-refractivity contribution in [1.82, 2.24) is 4.90 Å². The van der Waals surface area contributed by atoms with E-state index >= 15 is 0 Å². The molecule has 0 aromatic carbocycles. The number of hydrogen-bond donors (Lipinski definition) is 0. The molecule has 0 bridgehead atoms. The highest BCUT2D eigenvalue weighted by molar-refractivity contribution is 6.30. The molecule has 0 aromatic rings. The van der Waals surface area contributed by atoms with E-state index in [0.29, 0.717) is 25.1 Å². The van der Waals surface area contributed by atoms with Gasteiger partial charge in [-0.2, -0.15) is 0 Å².